The fourth-order valence-electron chi connectivity index (χ4n) is 1.33. The lowest BCUT2D eigenvalue weighted by Crippen LogP contribution is -2.49. The third-order valence-corrected chi connectivity index (χ3v) is 2.36. The summed E-state index contributed by atoms with van der Waals surface area (Å²) in [6.07, 6.45) is 0.820. The average molecular weight is 187 g/mol. The first-order valence-corrected chi connectivity index (χ1v) is 4.78. The first kappa shape index (κ1) is 10.8. The Balaban J connectivity index is 2.74. The molecule has 0 unspecified atom stereocenters. The molecule has 14 heavy (non-hydrogen) atoms. The van der Waals surface area contributed by atoms with Crippen molar-refractivity contribution < 1.29 is 4.39 Å². The largest absolute Gasteiger partial charge is 0.532 e. The fraction of sp³-hybridized carbons (Fsp3) is 0.364. The minimum atomic E-state index is 0.0254. The molecule has 2 nitrogen and oxygen atoms in total. The Morgan fingerprint density at radius 1 is 1.21 bits per heavy atom. The zero-order valence-electron chi connectivity index (χ0n) is 9.07. The molecule has 0 saturated carbocycles. The number of hydrogen-bond donors (Lipinski definition) is 0. The summed E-state index contributed by atoms with van der Waals surface area (Å²) in [6.45, 7) is 0.0254. The molecule has 0 aliphatic carbocycles. The van der Waals surface area contributed by atoms with Gasteiger partial charge in [0.25, 0.3) is 0 Å². The molecule has 0 aliphatic heterocycles. The van der Waals surface area contributed by atoms with Crippen molar-refractivity contribution in [2.45, 2.75) is 6.32 Å². The molecular formula is C11H16BN2. The normalized spacial score (nSPS) is 11.4. The molecule has 0 N–H and O–H groups in total. The van der Waals surface area contributed by atoms with Crippen molar-refractivity contribution in [3.8, 4) is 5.97 Å². The van der Waals surface area contributed by atoms with Crippen LogP contribution in [0.25, 0.3) is 0 Å². The van der Waals surface area contributed by atoms with Gasteiger partial charge >= 0.3 is 0 Å². The van der Waals surface area contributed by atoms with Crippen LogP contribution in [0.5, 0.6) is 0 Å². The van der Waals surface area contributed by atoms with Gasteiger partial charge in [0.1, 0.15) is 0 Å². The Kier molecular flexibility index (Phi) is 3.32. The number of quaternary nitrogens is 1. The van der Waals surface area contributed by atoms with Gasteiger partial charge in [-0.25, -0.2) is 5.26 Å². The van der Waals surface area contributed by atoms with Gasteiger partial charge in [-0.3, -0.25) is 0 Å². The number of benzene rings is 1. The van der Waals surface area contributed by atoms with Gasteiger partial charge < -0.3 is 4.39 Å². The summed E-state index contributed by atoms with van der Waals surface area (Å²) in [5.41, 5.74) is 1.23. The summed E-state index contributed by atoms with van der Waals surface area (Å²) in [7, 11) is 6.16. The zero-order valence-corrected chi connectivity index (χ0v) is 9.07. The maximum atomic E-state index is 9.06. The minimum absolute atomic E-state index is 0.0254. The van der Waals surface area contributed by atoms with Gasteiger partial charge in [-0.05, 0) is 0 Å². The zero-order chi connectivity index (χ0) is 10.6. The highest BCUT2D eigenvalue weighted by Crippen LogP contribution is 2.06. The predicted octanol–water partition coefficient (Wildman–Crippen LogP) is 1.53. The lowest BCUT2D eigenvalue weighted by molar-refractivity contribution is -0.760. The van der Waals surface area contributed by atoms with Crippen LogP contribution in [-0.2, 0) is 6.32 Å². The molecule has 0 spiro atoms. The third kappa shape index (κ3) is 2.90. The van der Waals surface area contributed by atoms with Crippen molar-refractivity contribution in [1.29, 1.82) is 5.26 Å². The van der Waals surface area contributed by atoms with Crippen molar-refractivity contribution >= 4 is 6.85 Å². The van der Waals surface area contributed by atoms with Crippen LogP contribution >= 0.6 is 0 Å². The van der Waals surface area contributed by atoms with Gasteiger partial charge in [0, 0.05) is 21.1 Å². The molecule has 0 fully saturated rings. The van der Waals surface area contributed by atoms with Gasteiger partial charge in [0.15, 0.2) is 0 Å². The van der Waals surface area contributed by atoms with Crippen molar-refractivity contribution in [2.24, 2.45) is 0 Å². The van der Waals surface area contributed by atoms with E-state index < -0.39 is 0 Å². The summed E-state index contributed by atoms with van der Waals surface area (Å²) in [6, 6.07) is 10.2. The van der Waals surface area contributed by atoms with Gasteiger partial charge in [0.05, 0.1) is 0 Å². The van der Waals surface area contributed by atoms with Crippen molar-refractivity contribution in [3.05, 3.63) is 35.9 Å². The van der Waals surface area contributed by atoms with E-state index in [9.17, 15) is 0 Å². The van der Waals surface area contributed by atoms with Crippen molar-refractivity contribution in [3.63, 3.8) is 0 Å². The summed E-state index contributed by atoms with van der Waals surface area (Å²) in [4.78, 5) is 0. The summed E-state index contributed by atoms with van der Waals surface area (Å²) in [5, 5.41) is 9.06. The second-order valence-electron chi connectivity index (χ2n) is 4.45. The van der Waals surface area contributed by atoms with Crippen LogP contribution in [0.15, 0.2) is 30.3 Å². The van der Waals surface area contributed by atoms with E-state index in [2.05, 4.69) is 39.2 Å². The lowest BCUT2D eigenvalue weighted by Gasteiger charge is -2.40. The Bertz CT molecular complexity index is 321. The van der Waals surface area contributed by atoms with Gasteiger partial charge in [-0.1, -0.05) is 35.9 Å². The van der Waals surface area contributed by atoms with E-state index in [1.165, 1.54) is 5.56 Å². The summed E-state index contributed by atoms with van der Waals surface area (Å²) < 4.78 is 0.686. The Labute approximate surface area is 86.5 Å². The van der Waals surface area contributed by atoms with E-state index in [1.807, 2.05) is 18.2 Å². The van der Waals surface area contributed by atoms with Crippen LogP contribution in [-0.4, -0.2) is 32.4 Å². The van der Waals surface area contributed by atoms with E-state index in [0.717, 1.165) is 6.32 Å². The number of rotatable bonds is 3. The molecule has 1 aromatic carbocycles. The molecule has 1 aromatic rings. The molecule has 0 amide bonds. The van der Waals surface area contributed by atoms with Crippen LogP contribution in [0.3, 0.4) is 0 Å². The SMILES string of the molecule is C[N+](C)(C)[B-](C#N)Cc1ccccc1. The molecule has 3 heteroatoms. The molecule has 0 saturated heterocycles. The number of hydrogen-bond acceptors (Lipinski definition) is 1. The van der Waals surface area contributed by atoms with Gasteiger partial charge in [-0.2, -0.15) is 0 Å². The van der Waals surface area contributed by atoms with Gasteiger partial charge in [-0.15, -0.1) is 12.3 Å². The molecule has 1 radical (unpaired) electrons. The molecule has 0 bridgehead atoms. The molecule has 0 atom stereocenters. The van der Waals surface area contributed by atoms with E-state index in [0.29, 0.717) is 4.39 Å². The number of nitrogens with zero attached hydrogens (tertiary/aromatic N) is 2. The van der Waals surface area contributed by atoms with E-state index in [-0.39, 0.29) is 6.85 Å². The molecule has 0 heterocycles. The van der Waals surface area contributed by atoms with Crippen molar-refractivity contribution in [2.75, 3.05) is 21.1 Å². The standard InChI is InChI=1S/C11H16BN2/c1-14(2,3)12(10-13)9-11-7-5-4-6-8-11/h4-8H,9H2,1-3H3. The molecule has 0 aromatic heterocycles. The highest BCUT2D eigenvalue weighted by Gasteiger charge is 2.15. The summed E-state index contributed by atoms with van der Waals surface area (Å²) >= 11 is 0. The second-order valence-corrected chi connectivity index (χ2v) is 4.45. The lowest BCUT2D eigenvalue weighted by atomic mass is 9.56. The van der Waals surface area contributed by atoms with Crippen LogP contribution in [0, 0.1) is 11.2 Å². The van der Waals surface area contributed by atoms with Crippen LogP contribution in [0.2, 0.25) is 0 Å². The fourth-order valence-corrected chi connectivity index (χ4v) is 1.33. The Morgan fingerprint density at radius 2 is 1.79 bits per heavy atom. The van der Waals surface area contributed by atoms with Crippen LogP contribution < -0.4 is 0 Å². The smallest absolute Gasteiger partial charge is 0.248 e. The van der Waals surface area contributed by atoms with E-state index >= 15 is 0 Å². The molecule has 73 valence electrons. The van der Waals surface area contributed by atoms with Crippen molar-refractivity contribution in [1.82, 2.24) is 0 Å². The highest BCUT2D eigenvalue weighted by molar-refractivity contribution is 6.59. The highest BCUT2D eigenvalue weighted by atomic mass is 15.2. The third-order valence-electron chi connectivity index (χ3n) is 2.36. The van der Waals surface area contributed by atoms with Crippen LogP contribution in [0.4, 0.5) is 0 Å². The molecule has 1 rings (SSSR count). The average Bonchev–Trinajstić information content (AvgIpc) is 2.14. The molecule has 0 aliphatic rings. The maximum absolute atomic E-state index is 9.06. The quantitative estimate of drug-likeness (QED) is 0.658. The maximum Gasteiger partial charge on any atom is 0.248 e. The van der Waals surface area contributed by atoms with E-state index in [4.69, 9.17) is 5.26 Å². The van der Waals surface area contributed by atoms with E-state index in [1.54, 1.807) is 0 Å². The van der Waals surface area contributed by atoms with Gasteiger partial charge in [0.2, 0.25) is 6.85 Å². The molecular weight excluding hydrogens is 171 g/mol. The Hall–Kier alpha value is -1.27. The summed E-state index contributed by atoms with van der Waals surface area (Å²) in [5.74, 6) is 2.36. The predicted molar refractivity (Wildman–Crippen MR) is 59.5 cm³/mol. The first-order valence-electron chi connectivity index (χ1n) is 4.78. The Morgan fingerprint density at radius 3 is 2.21 bits per heavy atom. The second kappa shape index (κ2) is 4.30. The minimum Gasteiger partial charge on any atom is -0.532 e. The monoisotopic (exact) mass is 187 g/mol. The first-order chi connectivity index (χ1) is 6.54. The number of nitriles is 1. The topological polar surface area (TPSA) is 23.8 Å². The van der Waals surface area contributed by atoms with Crippen LogP contribution in [0.1, 0.15) is 5.56 Å².